The number of aromatic nitrogens is 1. The van der Waals surface area contributed by atoms with E-state index in [2.05, 4.69) is 35.3 Å². The van der Waals surface area contributed by atoms with Crippen LogP contribution in [0.3, 0.4) is 0 Å². The monoisotopic (exact) mass is 767 g/mol. The van der Waals surface area contributed by atoms with E-state index >= 15 is 0 Å². The van der Waals surface area contributed by atoms with Crippen molar-refractivity contribution in [1.29, 1.82) is 0 Å². The number of nitrogens with zero attached hydrogens (tertiary/aromatic N) is 1. The SMILES string of the molecule is CCC(CC)C(=O)/C=C(\O)C(CC)CC.[2H]c1[c-]c(-c2nccc3c2[se]c2c4ccccc4ccc32)c([2H])c([2H])c1[2H].[Ir]. The Morgan fingerprint density at radius 2 is 1.64 bits per heavy atom. The third-order valence-electron chi connectivity index (χ3n) is 7.10. The fourth-order valence-electron chi connectivity index (χ4n) is 4.76. The van der Waals surface area contributed by atoms with E-state index in [0.717, 1.165) is 35.3 Å². The van der Waals surface area contributed by atoms with Gasteiger partial charge in [-0.3, -0.25) is 4.79 Å². The van der Waals surface area contributed by atoms with Crippen LogP contribution < -0.4 is 0 Å². The number of carbonyl (C=O) groups is 1. The van der Waals surface area contributed by atoms with Crippen molar-refractivity contribution in [2.45, 2.75) is 53.4 Å². The van der Waals surface area contributed by atoms with Crippen LogP contribution >= 0.6 is 0 Å². The van der Waals surface area contributed by atoms with Gasteiger partial charge in [-0.15, -0.1) is 0 Å². The van der Waals surface area contributed by atoms with E-state index in [1.165, 1.54) is 26.5 Å². The average molecular weight is 766 g/mol. The van der Waals surface area contributed by atoms with Gasteiger partial charge in [0, 0.05) is 38.0 Å². The van der Waals surface area contributed by atoms with Gasteiger partial charge in [-0.2, -0.15) is 0 Å². The maximum Gasteiger partial charge on any atom is 0 e. The third-order valence-corrected chi connectivity index (χ3v) is 9.74. The quantitative estimate of drug-likeness (QED) is 0.0744. The minimum absolute atomic E-state index is 0. The minimum Gasteiger partial charge on any atom is 0 e. The summed E-state index contributed by atoms with van der Waals surface area (Å²) in [6, 6.07) is 16.6. The van der Waals surface area contributed by atoms with Gasteiger partial charge in [0.2, 0.25) is 0 Å². The van der Waals surface area contributed by atoms with Gasteiger partial charge in [-0.05, 0) is 25.7 Å². The minimum atomic E-state index is -0.267. The molecule has 5 aromatic rings. The first-order valence-corrected chi connectivity index (χ1v) is 15.0. The van der Waals surface area contributed by atoms with E-state index in [0.29, 0.717) is 11.3 Å². The predicted octanol–water partition coefficient (Wildman–Crippen LogP) is 8.93. The Labute approximate surface area is 257 Å². The second-order valence-electron chi connectivity index (χ2n) is 9.30. The van der Waals surface area contributed by atoms with Crippen molar-refractivity contribution in [1.82, 2.24) is 4.98 Å². The molecule has 0 fully saturated rings. The van der Waals surface area contributed by atoms with Crippen molar-refractivity contribution in [3.8, 4) is 11.3 Å². The van der Waals surface area contributed by atoms with Crippen molar-refractivity contribution in [2.75, 3.05) is 0 Å². The summed E-state index contributed by atoms with van der Waals surface area (Å²) >= 11 is -0.000575. The number of hydrogen-bond acceptors (Lipinski definition) is 3. The van der Waals surface area contributed by atoms with E-state index < -0.39 is 0 Å². The standard InChI is InChI=1S/C21H12NSe.C13H24O2.Ir/c1-2-7-15(8-3-1)19-21-18(12-13-22-19)17-11-10-14-6-4-5-9-16(14)20(17)23-21;1-5-10(6-2)12(14)9-13(15)11(7-3)8-4;/h1-7,9-13H;9-11,14H,5-8H2,1-4H3;/q-1;;/b;12-9-;/i1D,2D,3D,7D;;. The van der Waals surface area contributed by atoms with Crippen LogP contribution in [0, 0.1) is 17.9 Å². The molecule has 205 valence electrons. The first-order chi connectivity index (χ1) is 20.2. The molecule has 0 saturated heterocycles. The molecule has 3 aromatic carbocycles. The summed E-state index contributed by atoms with van der Waals surface area (Å²) < 4.78 is 34.3. The molecule has 1 N–H and O–H groups in total. The van der Waals surface area contributed by atoms with Crippen molar-refractivity contribution in [2.24, 2.45) is 11.8 Å². The van der Waals surface area contributed by atoms with Gasteiger partial charge in [-0.25, -0.2) is 0 Å². The van der Waals surface area contributed by atoms with Crippen LogP contribution in [0.5, 0.6) is 0 Å². The molecule has 0 aliphatic rings. The number of hydrogen-bond donors (Lipinski definition) is 1. The molecule has 5 heteroatoms. The normalized spacial score (nSPS) is 13.0. The molecule has 0 bridgehead atoms. The van der Waals surface area contributed by atoms with Gasteiger partial charge in [0.1, 0.15) is 0 Å². The summed E-state index contributed by atoms with van der Waals surface area (Å²) in [5.41, 5.74) is 0.955. The molecule has 39 heavy (non-hydrogen) atoms. The molecule has 0 unspecified atom stereocenters. The number of rotatable bonds is 8. The van der Waals surface area contributed by atoms with Gasteiger partial charge in [-0.1, -0.05) is 27.7 Å². The maximum atomic E-state index is 11.7. The number of pyridine rings is 1. The Morgan fingerprint density at radius 1 is 0.949 bits per heavy atom. The second kappa shape index (κ2) is 14.7. The van der Waals surface area contributed by atoms with E-state index in [4.69, 9.17) is 5.48 Å². The van der Waals surface area contributed by atoms with E-state index in [1.807, 2.05) is 45.9 Å². The van der Waals surface area contributed by atoms with Crippen LogP contribution in [0.4, 0.5) is 0 Å². The average Bonchev–Trinajstić information content (AvgIpc) is 3.39. The number of fused-ring (bicyclic) bond motifs is 5. The Hall–Kier alpha value is -2.55. The van der Waals surface area contributed by atoms with Gasteiger partial charge in [0.15, 0.2) is 5.78 Å². The molecule has 0 saturated carbocycles. The molecule has 0 aliphatic carbocycles. The number of carbonyl (C=O) groups excluding carboxylic acids is 1. The molecule has 2 heterocycles. The molecule has 0 aliphatic heterocycles. The molecule has 5 rings (SSSR count). The van der Waals surface area contributed by atoms with Crippen molar-refractivity contribution in [3.63, 3.8) is 0 Å². The molecule has 0 spiro atoms. The van der Waals surface area contributed by atoms with E-state index in [-0.39, 0.29) is 82.2 Å². The molecule has 2 aromatic heterocycles. The zero-order chi connectivity index (χ0) is 30.6. The van der Waals surface area contributed by atoms with Crippen LogP contribution in [0.1, 0.15) is 58.9 Å². The largest absolute Gasteiger partial charge is 0 e. The summed E-state index contributed by atoms with van der Waals surface area (Å²) in [5, 5.41) is 14.5. The molecule has 3 nitrogen and oxygen atoms in total. The van der Waals surface area contributed by atoms with Gasteiger partial charge < -0.3 is 5.11 Å². The predicted molar refractivity (Wildman–Crippen MR) is 162 cm³/mol. The van der Waals surface area contributed by atoms with Gasteiger partial charge >= 0.3 is 145 Å². The Balaban J connectivity index is 0.000000274. The zero-order valence-corrected chi connectivity index (χ0v) is 26.8. The Bertz CT molecular complexity index is 1780. The first-order valence-electron chi connectivity index (χ1n) is 15.3. The van der Waals surface area contributed by atoms with Crippen molar-refractivity contribution < 1.29 is 35.5 Å². The fourth-order valence-corrected chi connectivity index (χ4v) is 7.54. The van der Waals surface area contributed by atoms with Crippen LogP contribution in [-0.4, -0.2) is 30.4 Å². The van der Waals surface area contributed by atoms with Crippen LogP contribution in [-0.2, 0) is 24.9 Å². The number of aliphatic hydroxyl groups excluding tert-OH is 1. The number of allylic oxidation sites excluding steroid dienone is 2. The molecule has 0 amide bonds. The van der Waals surface area contributed by atoms with E-state index in [9.17, 15) is 9.90 Å². The summed E-state index contributed by atoms with van der Waals surface area (Å²) in [4.78, 5) is 16.2. The van der Waals surface area contributed by atoms with Gasteiger partial charge in [0.05, 0.1) is 5.76 Å². The number of ketones is 1. The number of aliphatic hydroxyl groups is 1. The molecular weight excluding hydrogens is 726 g/mol. The van der Waals surface area contributed by atoms with E-state index in [1.54, 1.807) is 6.20 Å². The van der Waals surface area contributed by atoms with Crippen LogP contribution in [0.2, 0.25) is 0 Å². The second-order valence-corrected chi connectivity index (χ2v) is 11.4. The third kappa shape index (κ3) is 6.97. The molecule has 1 radical (unpaired) electrons. The fraction of sp³-hybridized carbons (Fsp3) is 0.294. The molecular formula is C34H36IrNO2Se-. The molecule has 0 atom stereocenters. The summed E-state index contributed by atoms with van der Waals surface area (Å²) in [6.07, 6.45) is 6.62. The summed E-state index contributed by atoms with van der Waals surface area (Å²) in [5.74, 6) is 0.547. The van der Waals surface area contributed by atoms with Crippen LogP contribution in [0.15, 0.2) is 84.7 Å². The first kappa shape index (κ1) is 25.4. The Morgan fingerprint density at radius 3 is 2.36 bits per heavy atom. The zero-order valence-electron chi connectivity index (χ0n) is 26.7. The smallest absolute Gasteiger partial charge is 0 e. The van der Waals surface area contributed by atoms with Crippen LogP contribution in [0.25, 0.3) is 41.3 Å². The van der Waals surface area contributed by atoms with Crippen molar-refractivity contribution in [3.05, 3.63) is 90.7 Å². The summed E-state index contributed by atoms with van der Waals surface area (Å²) in [6.45, 7) is 8.07. The van der Waals surface area contributed by atoms with Crippen molar-refractivity contribution >= 4 is 50.4 Å². The number of benzene rings is 3. The maximum absolute atomic E-state index is 11.7. The summed E-state index contributed by atoms with van der Waals surface area (Å²) in [7, 11) is 0. The topological polar surface area (TPSA) is 50.2 Å². The Kier molecular flexibility index (Phi) is 9.60. The van der Waals surface area contributed by atoms with Gasteiger partial charge in [0.25, 0.3) is 0 Å².